The zero-order chi connectivity index (χ0) is 14.0. The second kappa shape index (κ2) is 5.47. The molecule has 2 unspecified atom stereocenters. The van der Waals surface area contributed by atoms with Gasteiger partial charge in [0.15, 0.2) is 0 Å². The van der Waals surface area contributed by atoms with E-state index in [1.54, 1.807) is 12.1 Å². The van der Waals surface area contributed by atoms with Crippen LogP contribution in [0.15, 0.2) is 29.8 Å². The number of phenols is 1. The average Bonchev–Trinajstić information content (AvgIpc) is 2.38. The van der Waals surface area contributed by atoms with Crippen molar-refractivity contribution in [3.63, 3.8) is 0 Å². The third kappa shape index (κ3) is 2.50. The quantitative estimate of drug-likeness (QED) is 0.871. The standard InChI is InChI=1S/C16H20O3/c1-3-11-10(2)12(16(18)19)8-9-13(11)14-6-4-5-7-15(14)17/h4-7,10,12,17H,3,8-9H2,1-2H3,(H,18,19). The minimum atomic E-state index is -0.713. The van der Waals surface area contributed by atoms with Gasteiger partial charge in [0.05, 0.1) is 5.92 Å². The maximum atomic E-state index is 11.3. The van der Waals surface area contributed by atoms with Crippen molar-refractivity contribution >= 4 is 11.5 Å². The van der Waals surface area contributed by atoms with Crippen LogP contribution in [0.1, 0.15) is 38.7 Å². The van der Waals surface area contributed by atoms with Gasteiger partial charge in [0.25, 0.3) is 0 Å². The Bertz CT molecular complexity index is 516. The molecule has 2 atom stereocenters. The Labute approximate surface area is 113 Å². The minimum Gasteiger partial charge on any atom is -0.507 e. The molecule has 2 N–H and O–H groups in total. The van der Waals surface area contributed by atoms with E-state index in [1.165, 1.54) is 5.57 Å². The number of benzene rings is 1. The van der Waals surface area contributed by atoms with Crippen molar-refractivity contribution in [2.45, 2.75) is 33.1 Å². The van der Waals surface area contributed by atoms with Gasteiger partial charge < -0.3 is 10.2 Å². The van der Waals surface area contributed by atoms with Gasteiger partial charge in [-0.1, -0.05) is 37.6 Å². The highest BCUT2D eigenvalue weighted by Crippen LogP contribution is 2.42. The first-order valence-corrected chi connectivity index (χ1v) is 6.79. The van der Waals surface area contributed by atoms with E-state index >= 15 is 0 Å². The number of allylic oxidation sites excluding steroid dienone is 2. The molecule has 0 radical (unpaired) electrons. The van der Waals surface area contributed by atoms with Crippen LogP contribution in [0.3, 0.4) is 0 Å². The number of hydrogen-bond donors (Lipinski definition) is 2. The molecular weight excluding hydrogens is 240 g/mol. The number of phenolic OH excluding ortho intramolecular Hbond substituents is 1. The largest absolute Gasteiger partial charge is 0.507 e. The van der Waals surface area contributed by atoms with Crippen molar-refractivity contribution in [3.8, 4) is 5.75 Å². The lowest BCUT2D eigenvalue weighted by atomic mass is 9.73. The molecule has 19 heavy (non-hydrogen) atoms. The Kier molecular flexibility index (Phi) is 3.93. The first-order valence-electron chi connectivity index (χ1n) is 6.79. The molecule has 0 saturated heterocycles. The molecular formula is C16H20O3. The predicted octanol–water partition coefficient (Wildman–Crippen LogP) is 3.69. The summed E-state index contributed by atoms with van der Waals surface area (Å²) in [4.78, 5) is 11.3. The summed E-state index contributed by atoms with van der Waals surface area (Å²) in [5, 5.41) is 19.2. The average molecular weight is 260 g/mol. The third-order valence-corrected chi connectivity index (χ3v) is 4.17. The normalized spacial score (nSPS) is 23.5. The van der Waals surface area contributed by atoms with E-state index < -0.39 is 5.97 Å². The monoisotopic (exact) mass is 260 g/mol. The second-order valence-corrected chi connectivity index (χ2v) is 5.15. The molecule has 0 aromatic heterocycles. The lowest BCUT2D eigenvalue weighted by Crippen LogP contribution is -2.27. The fourth-order valence-corrected chi connectivity index (χ4v) is 3.14. The van der Waals surface area contributed by atoms with Gasteiger partial charge in [-0.3, -0.25) is 4.79 Å². The van der Waals surface area contributed by atoms with Crippen LogP contribution in [0.2, 0.25) is 0 Å². The van der Waals surface area contributed by atoms with E-state index in [-0.39, 0.29) is 17.6 Å². The van der Waals surface area contributed by atoms with Gasteiger partial charge >= 0.3 is 5.97 Å². The summed E-state index contributed by atoms with van der Waals surface area (Å²) < 4.78 is 0. The Balaban J connectivity index is 2.47. The van der Waals surface area contributed by atoms with Crippen LogP contribution >= 0.6 is 0 Å². The summed E-state index contributed by atoms with van der Waals surface area (Å²) in [5.74, 6) is -0.699. The number of para-hydroxylation sites is 1. The highest BCUT2D eigenvalue weighted by Gasteiger charge is 2.33. The molecule has 0 aliphatic heterocycles. The molecule has 1 aliphatic rings. The van der Waals surface area contributed by atoms with Crippen LogP contribution in [0.4, 0.5) is 0 Å². The van der Waals surface area contributed by atoms with E-state index in [0.717, 1.165) is 24.0 Å². The number of aliphatic carboxylic acids is 1. The number of hydrogen-bond acceptors (Lipinski definition) is 2. The van der Waals surface area contributed by atoms with Gasteiger partial charge in [-0.25, -0.2) is 0 Å². The van der Waals surface area contributed by atoms with E-state index in [1.807, 2.05) is 19.1 Å². The lowest BCUT2D eigenvalue weighted by molar-refractivity contribution is -0.143. The first kappa shape index (κ1) is 13.7. The summed E-state index contributed by atoms with van der Waals surface area (Å²) >= 11 is 0. The molecule has 1 aliphatic carbocycles. The summed E-state index contributed by atoms with van der Waals surface area (Å²) in [6.07, 6.45) is 2.19. The number of carboxylic acid groups (broad SMARTS) is 1. The molecule has 2 rings (SSSR count). The fourth-order valence-electron chi connectivity index (χ4n) is 3.14. The van der Waals surface area contributed by atoms with Crippen LogP contribution in [0.25, 0.3) is 5.57 Å². The summed E-state index contributed by atoms with van der Waals surface area (Å²) in [5.41, 5.74) is 3.15. The van der Waals surface area contributed by atoms with E-state index in [4.69, 9.17) is 0 Å². The minimum absolute atomic E-state index is 0.0332. The molecule has 0 amide bonds. The predicted molar refractivity (Wildman–Crippen MR) is 74.8 cm³/mol. The van der Waals surface area contributed by atoms with Crippen molar-refractivity contribution < 1.29 is 15.0 Å². The Morgan fingerprint density at radius 1 is 1.37 bits per heavy atom. The van der Waals surface area contributed by atoms with Gasteiger partial charge in [-0.15, -0.1) is 0 Å². The SMILES string of the molecule is CCC1=C(c2ccccc2O)CCC(C(=O)O)C1C. The molecule has 0 heterocycles. The molecule has 102 valence electrons. The van der Waals surface area contributed by atoms with Crippen molar-refractivity contribution in [1.82, 2.24) is 0 Å². The highest BCUT2D eigenvalue weighted by atomic mass is 16.4. The fraction of sp³-hybridized carbons (Fsp3) is 0.438. The van der Waals surface area contributed by atoms with E-state index in [0.29, 0.717) is 6.42 Å². The number of aromatic hydroxyl groups is 1. The molecule has 1 aromatic rings. The summed E-state index contributed by atoms with van der Waals surface area (Å²) in [6, 6.07) is 7.30. The number of carbonyl (C=O) groups is 1. The van der Waals surface area contributed by atoms with Crippen molar-refractivity contribution in [1.29, 1.82) is 0 Å². The van der Waals surface area contributed by atoms with Crippen LogP contribution in [0, 0.1) is 11.8 Å². The summed E-state index contributed by atoms with van der Waals surface area (Å²) in [7, 11) is 0. The van der Waals surface area contributed by atoms with Gasteiger partial charge in [0.1, 0.15) is 5.75 Å². The van der Waals surface area contributed by atoms with Crippen molar-refractivity contribution in [2.24, 2.45) is 11.8 Å². The molecule has 3 nitrogen and oxygen atoms in total. The van der Waals surface area contributed by atoms with Crippen LogP contribution in [0.5, 0.6) is 5.75 Å². The van der Waals surface area contributed by atoms with Crippen molar-refractivity contribution in [2.75, 3.05) is 0 Å². The summed E-state index contributed by atoms with van der Waals surface area (Å²) in [6.45, 7) is 4.03. The Morgan fingerprint density at radius 2 is 2.05 bits per heavy atom. The highest BCUT2D eigenvalue weighted by molar-refractivity contribution is 5.78. The topological polar surface area (TPSA) is 57.5 Å². The van der Waals surface area contributed by atoms with Gasteiger partial charge in [-0.2, -0.15) is 0 Å². The Hall–Kier alpha value is -1.77. The Morgan fingerprint density at radius 3 is 2.63 bits per heavy atom. The maximum Gasteiger partial charge on any atom is 0.307 e. The number of carboxylic acids is 1. The van der Waals surface area contributed by atoms with Gasteiger partial charge in [-0.05, 0) is 36.8 Å². The number of rotatable bonds is 3. The zero-order valence-corrected chi connectivity index (χ0v) is 11.4. The van der Waals surface area contributed by atoms with Crippen LogP contribution in [-0.2, 0) is 4.79 Å². The van der Waals surface area contributed by atoms with E-state index in [9.17, 15) is 15.0 Å². The lowest BCUT2D eigenvalue weighted by Gasteiger charge is -2.31. The molecule has 0 fully saturated rings. The molecule has 0 bridgehead atoms. The first-order chi connectivity index (χ1) is 9.06. The zero-order valence-electron chi connectivity index (χ0n) is 11.4. The van der Waals surface area contributed by atoms with Crippen LogP contribution in [-0.4, -0.2) is 16.2 Å². The molecule has 1 aromatic carbocycles. The molecule has 0 spiro atoms. The maximum absolute atomic E-state index is 11.3. The van der Waals surface area contributed by atoms with E-state index in [2.05, 4.69) is 6.92 Å². The van der Waals surface area contributed by atoms with Crippen molar-refractivity contribution in [3.05, 3.63) is 35.4 Å². The van der Waals surface area contributed by atoms with Crippen LogP contribution < -0.4 is 0 Å². The van der Waals surface area contributed by atoms with Gasteiger partial charge in [0.2, 0.25) is 0 Å². The smallest absolute Gasteiger partial charge is 0.307 e. The molecule has 3 heteroatoms. The third-order valence-electron chi connectivity index (χ3n) is 4.17. The molecule has 0 saturated carbocycles. The van der Waals surface area contributed by atoms with Gasteiger partial charge in [0, 0.05) is 5.56 Å². The second-order valence-electron chi connectivity index (χ2n) is 5.15.